The summed E-state index contributed by atoms with van der Waals surface area (Å²) in [5.41, 5.74) is 2.08. The van der Waals surface area contributed by atoms with Crippen LogP contribution in [0.1, 0.15) is 49.1 Å². The number of carbonyl (C=O) groups is 1. The van der Waals surface area contributed by atoms with Crippen LogP contribution >= 0.6 is 0 Å². The number of aliphatic hydroxyl groups excluding tert-OH is 1. The van der Waals surface area contributed by atoms with Crippen molar-refractivity contribution in [2.24, 2.45) is 5.92 Å². The number of hydrogen-bond donors (Lipinski definition) is 2. The summed E-state index contributed by atoms with van der Waals surface area (Å²) in [4.78, 5) is 11.5. The maximum absolute atomic E-state index is 11.5. The standard InChI is InChI=1S/C16H22O3/c17-11-3-4-12-7-9-14(10-8-12)15(16(18)19)13-5-1-2-6-13/h7-10,13,15,17H,1-6,11H2,(H,18,19). The van der Waals surface area contributed by atoms with E-state index in [0.29, 0.717) is 5.92 Å². The molecule has 1 aliphatic rings. The number of aliphatic hydroxyl groups is 1. The van der Waals surface area contributed by atoms with Gasteiger partial charge in [-0.15, -0.1) is 0 Å². The number of carboxylic acid groups (broad SMARTS) is 1. The Morgan fingerprint density at radius 2 is 1.84 bits per heavy atom. The molecule has 1 atom stereocenters. The smallest absolute Gasteiger partial charge is 0.311 e. The molecule has 0 aliphatic heterocycles. The summed E-state index contributed by atoms with van der Waals surface area (Å²) in [7, 11) is 0. The molecule has 2 rings (SSSR count). The van der Waals surface area contributed by atoms with Gasteiger partial charge in [0.2, 0.25) is 0 Å². The van der Waals surface area contributed by atoms with E-state index in [1.54, 1.807) is 0 Å². The van der Waals surface area contributed by atoms with Crippen LogP contribution in [0.25, 0.3) is 0 Å². The highest BCUT2D eigenvalue weighted by atomic mass is 16.4. The van der Waals surface area contributed by atoms with Crippen molar-refractivity contribution in [3.8, 4) is 0 Å². The molecule has 1 saturated carbocycles. The van der Waals surface area contributed by atoms with E-state index in [1.807, 2.05) is 24.3 Å². The molecule has 1 aromatic rings. The molecule has 1 aromatic carbocycles. The second kappa shape index (κ2) is 6.71. The Bertz CT molecular complexity index is 405. The fraction of sp³-hybridized carbons (Fsp3) is 0.562. The molecule has 0 amide bonds. The van der Waals surface area contributed by atoms with Crippen LogP contribution in [0.15, 0.2) is 24.3 Å². The molecule has 0 saturated heterocycles. The minimum Gasteiger partial charge on any atom is -0.481 e. The Labute approximate surface area is 114 Å². The number of aliphatic carboxylic acids is 1. The fourth-order valence-electron chi connectivity index (χ4n) is 3.08. The van der Waals surface area contributed by atoms with E-state index in [9.17, 15) is 9.90 Å². The highest BCUT2D eigenvalue weighted by Gasteiger charge is 2.31. The molecule has 0 spiro atoms. The van der Waals surface area contributed by atoms with Gasteiger partial charge in [0.1, 0.15) is 0 Å². The lowest BCUT2D eigenvalue weighted by atomic mass is 9.84. The molecular weight excluding hydrogens is 240 g/mol. The van der Waals surface area contributed by atoms with Gasteiger partial charge < -0.3 is 10.2 Å². The van der Waals surface area contributed by atoms with Gasteiger partial charge in [-0.25, -0.2) is 0 Å². The summed E-state index contributed by atoms with van der Waals surface area (Å²) in [5.74, 6) is -0.759. The summed E-state index contributed by atoms with van der Waals surface area (Å²) in [6.07, 6.45) is 5.97. The van der Waals surface area contributed by atoms with E-state index < -0.39 is 5.97 Å². The molecule has 0 bridgehead atoms. The minimum atomic E-state index is -0.699. The molecule has 3 heteroatoms. The SMILES string of the molecule is O=C(O)C(c1ccc(CCCO)cc1)C1CCCC1. The first kappa shape index (κ1) is 14.1. The zero-order valence-electron chi connectivity index (χ0n) is 11.2. The van der Waals surface area contributed by atoms with Crippen molar-refractivity contribution >= 4 is 5.97 Å². The minimum absolute atomic E-state index is 0.196. The monoisotopic (exact) mass is 262 g/mol. The predicted molar refractivity (Wildman–Crippen MR) is 74.2 cm³/mol. The lowest BCUT2D eigenvalue weighted by molar-refractivity contribution is -0.140. The lowest BCUT2D eigenvalue weighted by Crippen LogP contribution is -2.19. The average molecular weight is 262 g/mol. The van der Waals surface area contributed by atoms with Crippen LogP contribution in [-0.4, -0.2) is 22.8 Å². The van der Waals surface area contributed by atoms with Crippen molar-refractivity contribution in [3.05, 3.63) is 35.4 Å². The summed E-state index contributed by atoms with van der Waals surface area (Å²) < 4.78 is 0. The zero-order valence-corrected chi connectivity index (χ0v) is 11.2. The van der Waals surface area contributed by atoms with Crippen molar-refractivity contribution < 1.29 is 15.0 Å². The predicted octanol–water partition coefficient (Wildman–Crippen LogP) is 2.97. The fourth-order valence-corrected chi connectivity index (χ4v) is 3.08. The first-order valence-electron chi connectivity index (χ1n) is 7.15. The number of carboxylic acids is 1. The van der Waals surface area contributed by atoms with Gasteiger partial charge in [-0.1, -0.05) is 37.1 Å². The van der Waals surface area contributed by atoms with Crippen LogP contribution in [-0.2, 0) is 11.2 Å². The van der Waals surface area contributed by atoms with E-state index in [1.165, 1.54) is 0 Å². The Balaban J connectivity index is 2.10. The van der Waals surface area contributed by atoms with Gasteiger partial charge in [-0.2, -0.15) is 0 Å². The van der Waals surface area contributed by atoms with Crippen molar-refractivity contribution in [3.63, 3.8) is 0 Å². The number of aryl methyl sites for hydroxylation is 1. The molecule has 1 aliphatic carbocycles. The van der Waals surface area contributed by atoms with Crippen molar-refractivity contribution in [2.45, 2.75) is 44.4 Å². The second-order valence-corrected chi connectivity index (χ2v) is 5.43. The van der Waals surface area contributed by atoms with Crippen LogP contribution in [0.5, 0.6) is 0 Å². The maximum atomic E-state index is 11.5. The van der Waals surface area contributed by atoms with Crippen LogP contribution in [0.3, 0.4) is 0 Å². The molecule has 0 heterocycles. The summed E-state index contributed by atoms with van der Waals surface area (Å²) in [6, 6.07) is 7.89. The molecule has 0 aromatic heterocycles. The third-order valence-corrected chi connectivity index (χ3v) is 4.10. The van der Waals surface area contributed by atoms with E-state index >= 15 is 0 Å². The van der Waals surface area contributed by atoms with E-state index in [-0.39, 0.29) is 12.5 Å². The molecule has 0 radical (unpaired) electrons. The molecular formula is C16H22O3. The largest absolute Gasteiger partial charge is 0.481 e. The van der Waals surface area contributed by atoms with E-state index in [0.717, 1.165) is 49.7 Å². The molecule has 19 heavy (non-hydrogen) atoms. The molecule has 2 N–H and O–H groups in total. The van der Waals surface area contributed by atoms with E-state index in [4.69, 9.17) is 5.11 Å². The highest BCUT2D eigenvalue weighted by molar-refractivity contribution is 5.76. The Kier molecular flexibility index (Phi) is 4.97. The van der Waals surface area contributed by atoms with Gasteiger partial charge in [-0.05, 0) is 42.7 Å². The first-order valence-corrected chi connectivity index (χ1v) is 7.15. The summed E-state index contributed by atoms with van der Waals surface area (Å²) >= 11 is 0. The lowest BCUT2D eigenvalue weighted by Gasteiger charge is -2.19. The zero-order chi connectivity index (χ0) is 13.7. The van der Waals surface area contributed by atoms with Crippen LogP contribution in [0, 0.1) is 5.92 Å². The van der Waals surface area contributed by atoms with Gasteiger partial charge in [0.25, 0.3) is 0 Å². The third-order valence-electron chi connectivity index (χ3n) is 4.10. The number of rotatable bonds is 6. The number of benzene rings is 1. The molecule has 104 valence electrons. The third kappa shape index (κ3) is 3.57. The molecule has 1 fully saturated rings. The quantitative estimate of drug-likeness (QED) is 0.828. The molecule has 1 unspecified atom stereocenters. The summed E-state index contributed by atoms with van der Waals surface area (Å²) in [6.45, 7) is 0.196. The van der Waals surface area contributed by atoms with Gasteiger partial charge in [-0.3, -0.25) is 4.79 Å². The van der Waals surface area contributed by atoms with Crippen molar-refractivity contribution in [1.29, 1.82) is 0 Å². The molecule has 3 nitrogen and oxygen atoms in total. The van der Waals surface area contributed by atoms with Gasteiger partial charge in [0.15, 0.2) is 0 Å². The van der Waals surface area contributed by atoms with E-state index in [2.05, 4.69) is 0 Å². The van der Waals surface area contributed by atoms with Crippen LogP contribution in [0.4, 0.5) is 0 Å². The Hall–Kier alpha value is -1.35. The maximum Gasteiger partial charge on any atom is 0.311 e. The Morgan fingerprint density at radius 1 is 1.21 bits per heavy atom. The summed E-state index contributed by atoms with van der Waals surface area (Å²) in [5, 5.41) is 18.3. The van der Waals surface area contributed by atoms with Gasteiger partial charge >= 0.3 is 5.97 Å². The van der Waals surface area contributed by atoms with Gasteiger partial charge in [0, 0.05) is 6.61 Å². The Morgan fingerprint density at radius 3 is 2.37 bits per heavy atom. The average Bonchev–Trinajstić information content (AvgIpc) is 2.91. The van der Waals surface area contributed by atoms with Crippen molar-refractivity contribution in [1.82, 2.24) is 0 Å². The van der Waals surface area contributed by atoms with Crippen molar-refractivity contribution in [2.75, 3.05) is 6.61 Å². The number of hydrogen-bond acceptors (Lipinski definition) is 2. The van der Waals surface area contributed by atoms with Gasteiger partial charge in [0.05, 0.1) is 5.92 Å². The van der Waals surface area contributed by atoms with Crippen LogP contribution < -0.4 is 0 Å². The highest BCUT2D eigenvalue weighted by Crippen LogP contribution is 2.37. The normalized spacial score (nSPS) is 17.5. The topological polar surface area (TPSA) is 57.5 Å². The second-order valence-electron chi connectivity index (χ2n) is 5.43. The first-order chi connectivity index (χ1) is 9.22. The van der Waals surface area contributed by atoms with Crippen LogP contribution in [0.2, 0.25) is 0 Å².